The molecule has 2 aromatic carbocycles. The van der Waals surface area contributed by atoms with E-state index in [1.165, 1.54) is 75.0 Å². The minimum atomic E-state index is 0.00548. The molecule has 0 saturated carbocycles. The van der Waals surface area contributed by atoms with Gasteiger partial charge >= 0.3 is 0 Å². The number of likely N-dealkylation sites (tertiary alicyclic amines) is 2. The van der Waals surface area contributed by atoms with Gasteiger partial charge in [-0.3, -0.25) is 14.6 Å². The summed E-state index contributed by atoms with van der Waals surface area (Å²) in [5, 5.41) is 3.13. The number of piperidine rings is 2. The summed E-state index contributed by atoms with van der Waals surface area (Å²) < 4.78 is 0. The van der Waals surface area contributed by atoms with Gasteiger partial charge in [0.05, 0.1) is 0 Å². The molecule has 2 aliphatic heterocycles. The molecule has 1 amide bonds. The van der Waals surface area contributed by atoms with E-state index >= 15 is 0 Å². The lowest BCUT2D eigenvalue weighted by molar-refractivity contribution is 0.0950. The van der Waals surface area contributed by atoms with Crippen LogP contribution in [0.15, 0.2) is 48.5 Å². The maximum absolute atomic E-state index is 12.7. The van der Waals surface area contributed by atoms with E-state index in [0.29, 0.717) is 6.54 Å². The first-order valence-electron chi connectivity index (χ1n) is 12.1. The highest BCUT2D eigenvalue weighted by Crippen LogP contribution is 2.19. The third-order valence-electron chi connectivity index (χ3n) is 6.76. The number of rotatable bonds is 7. The van der Waals surface area contributed by atoms with Gasteiger partial charge in [0.25, 0.3) is 5.91 Å². The predicted molar refractivity (Wildman–Crippen MR) is 127 cm³/mol. The van der Waals surface area contributed by atoms with Crippen molar-refractivity contribution < 1.29 is 4.79 Å². The fourth-order valence-corrected chi connectivity index (χ4v) is 4.97. The Labute approximate surface area is 187 Å². The zero-order valence-electron chi connectivity index (χ0n) is 19.0. The van der Waals surface area contributed by atoms with Crippen molar-refractivity contribution in [1.29, 1.82) is 0 Å². The number of nitrogens with one attached hydrogen (secondary N) is 1. The van der Waals surface area contributed by atoms with E-state index in [-0.39, 0.29) is 5.91 Å². The number of carbonyl (C=O) groups excluding carboxylic acids is 1. The number of amides is 1. The molecular formula is C27H37N3O. The van der Waals surface area contributed by atoms with Gasteiger partial charge in [-0.25, -0.2) is 0 Å². The molecular weight excluding hydrogens is 382 g/mol. The smallest absolute Gasteiger partial charge is 0.251 e. The molecule has 1 atom stereocenters. The maximum atomic E-state index is 12.7. The Morgan fingerprint density at radius 1 is 0.871 bits per heavy atom. The van der Waals surface area contributed by atoms with Crippen LogP contribution in [0.4, 0.5) is 0 Å². The monoisotopic (exact) mass is 419 g/mol. The van der Waals surface area contributed by atoms with Crippen LogP contribution in [0.2, 0.25) is 0 Å². The first kappa shape index (κ1) is 22.0. The van der Waals surface area contributed by atoms with E-state index in [4.69, 9.17) is 0 Å². The van der Waals surface area contributed by atoms with Gasteiger partial charge in [-0.1, -0.05) is 49.7 Å². The molecule has 166 valence electrons. The van der Waals surface area contributed by atoms with Crippen molar-refractivity contribution in [3.63, 3.8) is 0 Å². The third-order valence-corrected chi connectivity index (χ3v) is 6.76. The number of benzene rings is 2. The predicted octanol–water partition coefficient (Wildman–Crippen LogP) is 4.83. The van der Waals surface area contributed by atoms with E-state index in [1.807, 2.05) is 12.1 Å². The van der Waals surface area contributed by atoms with Gasteiger partial charge in [0.1, 0.15) is 0 Å². The minimum Gasteiger partial charge on any atom is -0.348 e. The average molecular weight is 420 g/mol. The van der Waals surface area contributed by atoms with Crippen molar-refractivity contribution in [3.8, 4) is 0 Å². The molecule has 0 aliphatic carbocycles. The van der Waals surface area contributed by atoms with E-state index in [0.717, 1.165) is 24.6 Å². The topological polar surface area (TPSA) is 35.6 Å². The maximum Gasteiger partial charge on any atom is 0.251 e. The molecule has 2 saturated heterocycles. The van der Waals surface area contributed by atoms with Crippen LogP contribution in [-0.2, 0) is 19.6 Å². The standard InChI is InChI=1S/C27H37N3O/c1-22-8-7-17-30(19-22)20-23-11-13-24(14-12-23)27(31)28-18-25-9-3-4-10-26(25)21-29-15-5-2-6-16-29/h3-4,9-14,22H,2,5-8,15-21H2,1H3,(H,28,31). The molecule has 4 rings (SSSR count). The largest absolute Gasteiger partial charge is 0.348 e. The molecule has 1 N–H and O–H groups in total. The summed E-state index contributed by atoms with van der Waals surface area (Å²) in [5.74, 6) is 0.794. The van der Waals surface area contributed by atoms with Crippen molar-refractivity contribution in [3.05, 3.63) is 70.8 Å². The van der Waals surface area contributed by atoms with Crippen molar-refractivity contribution in [2.75, 3.05) is 26.2 Å². The summed E-state index contributed by atoms with van der Waals surface area (Å²) >= 11 is 0. The van der Waals surface area contributed by atoms with E-state index in [9.17, 15) is 4.79 Å². The SMILES string of the molecule is CC1CCCN(Cc2ccc(C(=O)NCc3ccccc3CN3CCCCC3)cc2)C1. The number of nitrogens with zero attached hydrogens (tertiary/aromatic N) is 2. The van der Waals surface area contributed by atoms with Crippen LogP contribution < -0.4 is 5.32 Å². The van der Waals surface area contributed by atoms with E-state index < -0.39 is 0 Å². The number of carbonyl (C=O) groups is 1. The number of hydrogen-bond donors (Lipinski definition) is 1. The van der Waals surface area contributed by atoms with Crippen LogP contribution >= 0.6 is 0 Å². The van der Waals surface area contributed by atoms with Gasteiger partial charge in [0, 0.05) is 31.7 Å². The lowest BCUT2D eigenvalue weighted by Crippen LogP contribution is -2.33. The van der Waals surface area contributed by atoms with Gasteiger partial charge in [0.2, 0.25) is 0 Å². The molecule has 2 fully saturated rings. The Bertz CT molecular complexity index is 842. The van der Waals surface area contributed by atoms with Crippen LogP contribution in [0, 0.1) is 5.92 Å². The van der Waals surface area contributed by atoms with Crippen molar-refractivity contribution in [1.82, 2.24) is 15.1 Å². The highest BCUT2D eigenvalue weighted by atomic mass is 16.1. The Hall–Kier alpha value is -2.17. The minimum absolute atomic E-state index is 0.00548. The zero-order chi connectivity index (χ0) is 21.5. The van der Waals surface area contributed by atoms with Crippen LogP contribution in [0.3, 0.4) is 0 Å². The molecule has 0 radical (unpaired) electrons. The molecule has 2 aliphatic rings. The third kappa shape index (κ3) is 6.41. The van der Waals surface area contributed by atoms with Crippen molar-refractivity contribution in [2.45, 2.75) is 58.7 Å². The van der Waals surface area contributed by atoms with Gasteiger partial charge in [-0.15, -0.1) is 0 Å². The molecule has 2 aromatic rings. The summed E-state index contributed by atoms with van der Waals surface area (Å²) in [6.45, 7) is 9.61. The highest BCUT2D eigenvalue weighted by molar-refractivity contribution is 5.94. The average Bonchev–Trinajstić information content (AvgIpc) is 2.79. The number of hydrogen-bond acceptors (Lipinski definition) is 3. The van der Waals surface area contributed by atoms with Crippen LogP contribution in [0.1, 0.15) is 66.1 Å². The summed E-state index contributed by atoms with van der Waals surface area (Å²) in [7, 11) is 0. The molecule has 0 aromatic heterocycles. The fourth-order valence-electron chi connectivity index (χ4n) is 4.97. The van der Waals surface area contributed by atoms with Crippen molar-refractivity contribution in [2.24, 2.45) is 5.92 Å². The Morgan fingerprint density at radius 2 is 1.58 bits per heavy atom. The normalized spacial score (nSPS) is 20.5. The second-order valence-corrected chi connectivity index (χ2v) is 9.47. The second kappa shape index (κ2) is 10.9. The van der Waals surface area contributed by atoms with Gasteiger partial charge in [-0.05, 0) is 80.1 Å². The van der Waals surface area contributed by atoms with E-state index in [1.54, 1.807) is 0 Å². The Morgan fingerprint density at radius 3 is 2.32 bits per heavy atom. The van der Waals surface area contributed by atoms with Crippen LogP contribution in [0.25, 0.3) is 0 Å². The van der Waals surface area contributed by atoms with Gasteiger partial charge in [0.15, 0.2) is 0 Å². The fraction of sp³-hybridized carbons (Fsp3) is 0.519. The summed E-state index contributed by atoms with van der Waals surface area (Å²) in [6.07, 6.45) is 6.58. The lowest BCUT2D eigenvalue weighted by atomic mass is 9.99. The molecule has 0 bridgehead atoms. The first-order valence-corrected chi connectivity index (χ1v) is 12.1. The molecule has 4 heteroatoms. The van der Waals surface area contributed by atoms with Gasteiger partial charge in [-0.2, -0.15) is 0 Å². The van der Waals surface area contributed by atoms with Crippen LogP contribution in [0.5, 0.6) is 0 Å². The lowest BCUT2D eigenvalue weighted by Gasteiger charge is -2.30. The summed E-state index contributed by atoms with van der Waals surface area (Å²) in [6, 6.07) is 16.7. The summed E-state index contributed by atoms with van der Waals surface area (Å²) in [5.41, 5.74) is 4.58. The zero-order valence-corrected chi connectivity index (χ0v) is 19.0. The van der Waals surface area contributed by atoms with E-state index in [2.05, 4.69) is 58.4 Å². The summed E-state index contributed by atoms with van der Waals surface area (Å²) in [4.78, 5) is 17.8. The van der Waals surface area contributed by atoms with Crippen LogP contribution in [-0.4, -0.2) is 41.9 Å². The molecule has 1 unspecified atom stereocenters. The van der Waals surface area contributed by atoms with Crippen molar-refractivity contribution >= 4 is 5.91 Å². The van der Waals surface area contributed by atoms with Gasteiger partial charge < -0.3 is 5.32 Å². The highest BCUT2D eigenvalue weighted by Gasteiger charge is 2.17. The Balaban J connectivity index is 1.30. The Kier molecular flexibility index (Phi) is 7.76. The molecule has 4 nitrogen and oxygen atoms in total. The molecule has 31 heavy (non-hydrogen) atoms. The molecule has 2 heterocycles. The molecule has 0 spiro atoms. The second-order valence-electron chi connectivity index (χ2n) is 9.47. The quantitative estimate of drug-likeness (QED) is 0.698. The first-order chi connectivity index (χ1) is 15.2.